The Balaban J connectivity index is 1.90. The molecular weight excluding hydrogens is 232 g/mol. The molecule has 0 saturated carbocycles. The maximum absolute atomic E-state index is 11.5. The van der Waals surface area contributed by atoms with Crippen molar-refractivity contribution in [2.24, 2.45) is 0 Å². The molecule has 0 amide bonds. The number of ether oxygens (including phenoxy) is 1. The van der Waals surface area contributed by atoms with Crippen molar-refractivity contribution >= 4 is 5.97 Å². The van der Waals surface area contributed by atoms with E-state index in [1.807, 2.05) is 30.3 Å². The first-order chi connectivity index (χ1) is 8.75. The van der Waals surface area contributed by atoms with Crippen LogP contribution in [0.3, 0.4) is 0 Å². The largest absolute Gasteiger partial charge is 0.459 e. The average Bonchev–Trinajstić information content (AvgIpc) is 2.40. The molecule has 1 heterocycles. The van der Waals surface area contributed by atoms with Crippen LogP contribution in [0.15, 0.2) is 53.6 Å². The predicted octanol–water partition coefficient (Wildman–Crippen LogP) is 0.987. The van der Waals surface area contributed by atoms with Gasteiger partial charge in [-0.2, -0.15) is 0 Å². The van der Waals surface area contributed by atoms with Crippen LogP contribution in [0.25, 0.3) is 0 Å². The molecule has 0 N–H and O–H groups in total. The maximum Gasteiger partial charge on any atom is 0.348 e. The maximum atomic E-state index is 11.5. The standard InChI is InChI=1S/C13H12N2O3/c16-12(9-15-8-4-7-14-13(15)17)18-10-11-5-2-1-3-6-11/h1-8H,9-10H2. The molecule has 0 atom stereocenters. The molecule has 0 saturated heterocycles. The fraction of sp³-hybridized carbons (Fsp3) is 0.154. The van der Waals surface area contributed by atoms with Crippen LogP contribution in [0.2, 0.25) is 0 Å². The minimum atomic E-state index is -0.464. The molecule has 18 heavy (non-hydrogen) atoms. The Labute approximate surface area is 104 Å². The molecule has 0 fully saturated rings. The zero-order valence-electron chi connectivity index (χ0n) is 9.65. The normalized spacial score (nSPS) is 10.0. The van der Waals surface area contributed by atoms with Crippen LogP contribution in [0.5, 0.6) is 0 Å². The molecule has 5 nitrogen and oxygen atoms in total. The van der Waals surface area contributed by atoms with Crippen molar-refractivity contribution in [1.82, 2.24) is 9.55 Å². The van der Waals surface area contributed by atoms with Crippen LogP contribution in [0.1, 0.15) is 5.56 Å². The number of carbonyl (C=O) groups excluding carboxylic acids is 1. The second kappa shape index (κ2) is 5.77. The highest BCUT2D eigenvalue weighted by Gasteiger charge is 2.05. The van der Waals surface area contributed by atoms with Crippen molar-refractivity contribution < 1.29 is 9.53 Å². The number of hydrogen-bond donors (Lipinski definition) is 0. The van der Waals surface area contributed by atoms with Crippen LogP contribution >= 0.6 is 0 Å². The molecule has 1 aromatic carbocycles. The lowest BCUT2D eigenvalue weighted by atomic mass is 10.2. The Kier molecular flexibility index (Phi) is 3.86. The highest BCUT2D eigenvalue weighted by molar-refractivity contribution is 5.69. The fourth-order valence-electron chi connectivity index (χ4n) is 1.43. The summed E-state index contributed by atoms with van der Waals surface area (Å²) in [6.45, 7) is 0.0776. The SMILES string of the molecule is O=C(Cn1cccnc1=O)OCc1ccccc1. The van der Waals surface area contributed by atoms with E-state index in [1.54, 1.807) is 6.07 Å². The average molecular weight is 244 g/mol. The lowest BCUT2D eigenvalue weighted by Gasteiger charge is -2.06. The summed E-state index contributed by atoms with van der Waals surface area (Å²) >= 11 is 0. The van der Waals surface area contributed by atoms with E-state index in [1.165, 1.54) is 17.0 Å². The van der Waals surface area contributed by atoms with Gasteiger partial charge in [-0.05, 0) is 11.6 Å². The van der Waals surface area contributed by atoms with Crippen LogP contribution in [-0.2, 0) is 22.7 Å². The van der Waals surface area contributed by atoms with Gasteiger partial charge in [-0.1, -0.05) is 30.3 Å². The lowest BCUT2D eigenvalue weighted by molar-refractivity contribution is -0.145. The van der Waals surface area contributed by atoms with Crippen molar-refractivity contribution in [2.75, 3.05) is 0 Å². The highest BCUT2D eigenvalue weighted by Crippen LogP contribution is 2.00. The summed E-state index contributed by atoms with van der Waals surface area (Å²) in [7, 11) is 0. The molecule has 2 aromatic rings. The molecule has 0 aliphatic heterocycles. The second-order valence-corrected chi connectivity index (χ2v) is 3.68. The zero-order valence-corrected chi connectivity index (χ0v) is 9.65. The Morgan fingerprint density at radius 1 is 1.22 bits per heavy atom. The molecule has 0 radical (unpaired) electrons. The summed E-state index contributed by atoms with van der Waals surface area (Å²) in [5.74, 6) is -0.464. The molecule has 0 aliphatic rings. The molecule has 0 unspecified atom stereocenters. The van der Waals surface area contributed by atoms with Gasteiger partial charge in [0.05, 0.1) is 0 Å². The van der Waals surface area contributed by atoms with Crippen LogP contribution in [0, 0.1) is 0 Å². The van der Waals surface area contributed by atoms with Gasteiger partial charge in [-0.15, -0.1) is 0 Å². The molecule has 0 bridgehead atoms. The number of nitrogens with zero attached hydrogens (tertiary/aromatic N) is 2. The number of rotatable bonds is 4. The van der Waals surface area contributed by atoms with E-state index in [0.29, 0.717) is 0 Å². The van der Waals surface area contributed by atoms with E-state index in [0.717, 1.165) is 5.56 Å². The van der Waals surface area contributed by atoms with Gasteiger partial charge < -0.3 is 4.74 Å². The number of esters is 1. The minimum Gasteiger partial charge on any atom is -0.459 e. The van der Waals surface area contributed by atoms with E-state index >= 15 is 0 Å². The molecule has 5 heteroatoms. The van der Waals surface area contributed by atoms with E-state index < -0.39 is 11.7 Å². The minimum absolute atomic E-state index is 0.125. The van der Waals surface area contributed by atoms with Gasteiger partial charge >= 0.3 is 11.7 Å². The second-order valence-electron chi connectivity index (χ2n) is 3.68. The summed E-state index contributed by atoms with van der Waals surface area (Å²) in [4.78, 5) is 26.4. The number of aromatic nitrogens is 2. The first-order valence-corrected chi connectivity index (χ1v) is 5.47. The van der Waals surface area contributed by atoms with Crippen molar-refractivity contribution in [3.63, 3.8) is 0 Å². The quantitative estimate of drug-likeness (QED) is 0.752. The third-order valence-electron chi connectivity index (χ3n) is 2.32. The summed E-state index contributed by atoms with van der Waals surface area (Å²) in [5, 5.41) is 0. The van der Waals surface area contributed by atoms with Crippen LogP contribution < -0.4 is 5.69 Å². The molecule has 0 aliphatic carbocycles. The Hall–Kier alpha value is -2.43. The topological polar surface area (TPSA) is 61.2 Å². The Morgan fingerprint density at radius 2 is 2.00 bits per heavy atom. The fourth-order valence-corrected chi connectivity index (χ4v) is 1.43. The van der Waals surface area contributed by atoms with Crippen LogP contribution in [-0.4, -0.2) is 15.5 Å². The monoisotopic (exact) mass is 244 g/mol. The van der Waals surface area contributed by atoms with E-state index in [9.17, 15) is 9.59 Å². The summed E-state index contributed by atoms with van der Waals surface area (Å²) in [5.41, 5.74) is 0.443. The Bertz CT molecular complexity index is 578. The van der Waals surface area contributed by atoms with Gasteiger partial charge in [-0.3, -0.25) is 9.36 Å². The summed E-state index contributed by atoms with van der Waals surface area (Å²) in [6, 6.07) is 10.9. The third-order valence-corrected chi connectivity index (χ3v) is 2.32. The van der Waals surface area contributed by atoms with E-state index in [4.69, 9.17) is 4.74 Å². The van der Waals surface area contributed by atoms with Gasteiger partial charge in [0.2, 0.25) is 0 Å². The molecule has 2 rings (SSSR count). The van der Waals surface area contributed by atoms with E-state index in [2.05, 4.69) is 4.98 Å². The van der Waals surface area contributed by atoms with Crippen molar-refractivity contribution in [2.45, 2.75) is 13.2 Å². The Morgan fingerprint density at radius 3 is 2.72 bits per heavy atom. The summed E-state index contributed by atoms with van der Waals surface area (Å²) < 4.78 is 6.26. The molecule has 92 valence electrons. The third kappa shape index (κ3) is 3.28. The van der Waals surface area contributed by atoms with Gasteiger partial charge in [0, 0.05) is 12.4 Å². The predicted molar refractivity (Wildman–Crippen MR) is 64.7 cm³/mol. The van der Waals surface area contributed by atoms with Crippen molar-refractivity contribution in [1.29, 1.82) is 0 Å². The van der Waals surface area contributed by atoms with Gasteiger partial charge in [0.25, 0.3) is 0 Å². The van der Waals surface area contributed by atoms with E-state index in [-0.39, 0.29) is 13.2 Å². The van der Waals surface area contributed by atoms with Crippen molar-refractivity contribution in [3.05, 3.63) is 64.8 Å². The number of benzene rings is 1. The van der Waals surface area contributed by atoms with Crippen LogP contribution in [0.4, 0.5) is 0 Å². The van der Waals surface area contributed by atoms with Crippen molar-refractivity contribution in [3.8, 4) is 0 Å². The lowest BCUT2D eigenvalue weighted by Crippen LogP contribution is -2.26. The van der Waals surface area contributed by atoms with Gasteiger partial charge in [0.15, 0.2) is 0 Å². The first kappa shape index (κ1) is 12.0. The smallest absolute Gasteiger partial charge is 0.348 e. The first-order valence-electron chi connectivity index (χ1n) is 5.47. The number of hydrogen-bond acceptors (Lipinski definition) is 4. The number of carbonyl (C=O) groups is 1. The van der Waals surface area contributed by atoms with Gasteiger partial charge in [-0.25, -0.2) is 9.78 Å². The molecule has 1 aromatic heterocycles. The highest BCUT2D eigenvalue weighted by atomic mass is 16.5. The molecular formula is C13H12N2O3. The van der Waals surface area contributed by atoms with Gasteiger partial charge in [0.1, 0.15) is 13.2 Å². The summed E-state index contributed by atoms with van der Waals surface area (Å²) in [6.07, 6.45) is 2.88. The zero-order chi connectivity index (χ0) is 12.8. The molecule has 0 spiro atoms.